The second-order valence-electron chi connectivity index (χ2n) is 5.62. The van der Waals surface area contributed by atoms with E-state index >= 15 is 0 Å². The molecule has 0 aliphatic heterocycles. The monoisotopic (exact) mass is 372 g/mol. The molecule has 0 aliphatic rings. The fourth-order valence-electron chi connectivity index (χ4n) is 2.41. The SMILES string of the molecule is CCn1c(SCc2cccs2)nnc(Nc2cccc(C)c2C)c1=O. The molecular weight excluding hydrogens is 352 g/mol. The Bertz CT molecular complexity index is 919. The van der Waals surface area contributed by atoms with E-state index in [0.717, 1.165) is 22.6 Å². The van der Waals surface area contributed by atoms with E-state index in [0.29, 0.717) is 11.7 Å². The molecule has 0 saturated heterocycles. The first-order valence-corrected chi connectivity index (χ1v) is 9.92. The van der Waals surface area contributed by atoms with Gasteiger partial charge in [0.15, 0.2) is 5.16 Å². The van der Waals surface area contributed by atoms with Crippen LogP contribution in [0.25, 0.3) is 0 Å². The molecular formula is C18H20N4OS2. The Morgan fingerprint density at radius 1 is 1.20 bits per heavy atom. The van der Waals surface area contributed by atoms with Gasteiger partial charge in [-0.1, -0.05) is 30.0 Å². The van der Waals surface area contributed by atoms with Crippen molar-refractivity contribution in [3.8, 4) is 0 Å². The van der Waals surface area contributed by atoms with Gasteiger partial charge in [-0.3, -0.25) is 9.36 Å². The number of nitrogens with one attached hydrogen (secondary N) is 1. The Morgan fingerprint density at radius 2 is 2.04 bits per heavy atom. The maximum atomic E-state index is 12.8. The Labute approximate surface area is 155 Å². The Morgan fingerprint density at radius 3 is 2.76 bits per heavy atom. The maximum absolute atomic E-state index is 12.8. The lowest BCUT2D eigenvalue weighted by Gasteiger charge is -2.13. The summed E-state index contributed by atoms with van der Waals surface area (Å²) in [4.78, 5) is 14.0. The van der Waals surface area contributed by atoms with Crippen molar-refractivity contribution >= 4 is 34.6 Å². The molecule has 2 aromatic heterocycles. The summed E-state index contributed by atoms with van der Waals surface area (Å²) in [6.07, 6.45) is 0. The van der Waals surface area contributed by atoms with Crippen LogP contribution in [0.1, 0.15) is 22.9 Å². The zero-order chi connectivity index (χ0) is 17.8. The van der Waals surface area contributed by atoms with Crippen LogP contribution >= 0.6 is 23.1 Å². The topological polar surface area (TPSA) is 59.8 Å². The Balaban J connectivity index is 1.86. The number of hydrogen-bond acceptors (Lipinski definition) is 6. The highest BCUT2D eigenvalue weighted by molar-refractivity contribution is 7.98. The van der Waals surface area contributed by atoms with Gasteiger partial charge in [-0.25, -0.2) is 0 Å². The first-order valence-electron chi connectivity index (χ1n) is 8.06. The minimum absolute atomic E-state index is 0.146. The van der Waals surface area contributed by atoms with Gasteiger partial charge in [0.05, 0.1) is 0 Å². The van der Waals surface area contributed by atoms with Crippen LogP contribution in [0.15, 0.2) is 45.7 Å². The number of thioether (sulfide) groups is 1. The van der Waals surface area contributed by atoms with Crippen molar-refractivity contribution in [1.29, 1.82) is 0 Å². The van der Waals surface area contributed by atoms with Gasteiger partial charge >= 0.3 is 0 Å². The lowest BCUT2D eigenvalue weighted by atomic mass is 10.1. The third-order valence-corrected chi connectivity index (χ3v) is 6.09. The molecule has 1 aromatic carbocycles. The zero-order valence-corrected chi connectivity index (χ0v) is 16.1. The quantitative estimate of drug-likeness (QED) is 0.651. The van der Waals surface area contributed by atoms with Crippen molar-refractivity contribution in [2.75, 3.05) is 5.32 Å². The first-order chi connectivity index (χ1) is 12.1. The fourth-order valence-corrected chi connectivity index (χ4v) is 4.18. The molecule has 0 spiro atoms. The van der Waals surface area contributed by atoms with Gasteiger partial charge in [0, 0.05) is 22.9 Å². The van der Waals surface area contributed by atoms with E-state index in [1.807, 2.05) is 50.4 Å². The van der Waals surface area contributed by atoms with Crippen molar-refractivity contribution in [3.63, 3.8) is 0 Å². The minimum atomic E-state index is -0.146. The highest BCUT2D eigenvalue weighted by Gasteiger charge is 2.13. The zero-order valence-electron chi connectivity index (χ0n) is 14.4. The van der Waals surface area contributed by atoms with Crippen LogP contribution in [0.3, 0.4) is 0 Å². The average Bonchev–Trinajstić information content (AvgIpc) is 3.12. The van der Waals surface area contributed by atoms with E-state index in [-0.39, 0.29) is 11.4 Å². The fraction of sp³-hybridized carbons (Fsp3) is 0.278. The van der Waals surface area contributed by atoms with Crippen LogP contribution in [-0.4, -0.2) is 14.8 Å². The normalized spacial score (nSPS) is 10.8. The van der Waals surface area contributed by atoms with Gasteiger partial charge in [-0.2, -0.15) is 0 Å². The number of thiophene rings is 1. The Kier molecular flexibility index (Phi) is 5.55. The summed E-state index contributed by atoms with van der Waals surface area (Å²) in [6.45, 7) is 6.57. The molecule has 7 heteroatoms. The number of benzene rings is 1. The predicted octanol–water partition coefficient (Wildman–Crippen LogP) is 4.37. The molecule has 3 aromatic rings. The highest BCUT2D eigenvalue weighted by Crippen LogP contribution is 2.24. The van der Waals surface area contributed by atoms with Crippen LogP contribution in [0.4, 0.5) is 11.5 Å². The maximum Gasteiger partial charge on any atom is 0.297 e. The number of nitrogens with zero attached hydrogens (tertiary/aromatic N) is 3. The third-order valence-electron chi connectivity index (χ3n) is 4.01. The molecule has 2 heterocycles. The number of hydrogen-bond donors (Lipinski definition) is 1. The second kappa shape index (κ2) is 7.84. The summed E-state index contributed by atoms with van der Waals surface area (Å²) in [5.74, 6) is 1.05. The third kappa shape index (κ3) is 3.93. The standard InChI is InChI=1S/C18H20N4OS2/c1-4-22-17(23)16(19-15-9-5-7-12(2)13(15)3)20-21-18(22)25-11-14-8-6-10-24-14/h5-10H,4,11H2,1-3H3,(H,19,20). The second-order valence-corrected chi connectivity index (χ2v) is 7.60. The summed E-state index contributed by atoms with van der Waals surface area (Å²) in [5.41, 5.74) is 3.00. The van der Waals surface area contributed by atoms with Gasteiger partial charge < -0.3 is 5.32 Å². The van der Waals surface area contributed by atoms with Gasteiger partial charge in [-0.15, -0.1) is 21.5 Å². The molecule has 1 N–H and O–H groups in total. The van der Waals surface area contributed by atoms with Crippen molar-refractivity contribution in [1.82, 2.24) is 14.8 Å². The summed E-state index contributed by atoms with van der Waals surface area (Å²) < 4.78 is 1.67. The van der Waals surface area contributed by atoms with Crippen molar-refractivity contribution in [2.45, 2.75) is 38.2 Å². The largest absolute Gasteiger partial charge is 0.334 e. The number of aromatic nitrogens is 3. The number of anilines is 2. The summed E-state index contributed by atoms with van der Waals surface area (Å²) in [5, 5.41) is 14.2. The summed E-state index contributed by atoms with van der Waals surface area (Å²) in [7, 11) is 0. The van der Waals surface area contributed by atoms with Gasteiger partial charge in [0.2, 0.25) is 5.82 Å². The molecule has 0 radical (unpaired) electrons. The number of rotatable bonds is 6. The van der Waals surface area contributed by atoms with E-state index in [4.69, 9.17) is 0 Å². The lowest BCUT2D eigenvalue weighted by molar-refractivity contribution is 0.597. The summed E-state index contributed by atoms with van der Waals surface area (Å²) >= 11 is 3.24. The molecule has 0 aliphatic carbocycles. The number of aryl methyl sites for hydroxylation is 1. The van der Waals surface area contributed by atoms with E-state index < -0.39 is 0 Å². The highest BCUT2D eigenvalue weighted by atomic mass is 32.2. The molecule has 0 amide bonds. The van der Waals surface area contributed by atoms with Gasteiger partial charge in [0.25, 0.3) is 5.56 Å². The lowest BCUT2D eigenvalue weighted by Crippen LogP contribution is -2.26. The van der Waals surface area contributed by atoms with E-state index in [2.05, 4.69) is 21.6 Å². The predicted molar refractivity (Wildman–Crippen MR) is 105 cm³/mol. The van der Waals surface area contributed by atoms with Crippen molar-refractivity contribution in [2.24, 2.45) is 0 Å². The first kappa shape index (κ1) is 17.7. The molecule has 0 unspecified atom stereocenters. The smallest absolute Gasteiger partial charge is 0.297 e. The molecule has 0 fully saturated rings. The van der Waals surface area contributed by atoms with Crippen LogP contribution in [0.2, 0.25) is 0 Å². The molecule has 25 heavy (non-hydrogen) atoms. The molecule has 0 atom stereocenters. The minimum Gasteiger partial charge on any atom is -0.334 e. The van der Waals surface area contributed by atoms with E-state index in [1.54, 1.807) is 15.9 Å². The van der Waals surface area contributed by atoms with E-state index in [1.165, 1.54) is 16.6 Å². The van der Waals surface area contributed by atoms with Gasteiger partial charge in [-0.05, 0) is 49.4 Å². The molecule has 0 saturated carbocycles. The molecule has 3 rings (SSSR count). The average molecular weight is 373 g/mol. The van der Waals surface area contributed by atoms with Crippen LogP contribution < -0.4 is 10.9 Å². The van der Waals surface area contributed by atoms with Crippen LogP contribution in [0, 0.1) is 13.8 Å². The van der Waals surface area contributed by atoms with Gasteiger partial charge in [0.1, 0.15) is 0 Å². The van der Waals surface area contributed by atoms with Crippen molar-refractivity contribution < 1.29 is 0 Å². The molecule has 5 nitrogen and oxygen atoms in total. The van der Waals surface area contributed by atoms with Crippen LogP contribution in [-0.2, 0) is 12.3 Å². The van der Waals surface area contributed by atoms with Crippen molar-refractivity contribution in [3.05, 3.63) is 62.1 Å². The Hall–Kier alpha value is -2.12. The van der Waals surface area contributed by atoms with Crippen LogP contribution in [0.5, 0.6) is 0 Å². The molecule has 130 valence electrons. The van der Waals surface area contributed by atoms with E-state index in [9.17, 15) is 4.79 Å². The molecule has 0 bridgehead atoms. The summed E-state index contributed by atoms with van der Waals surface area (Å²) in [6, 6.07) is 10.0.